The van der Waals surface area contributed by atoms with E-state index in [2.05, 4.69) is 17.4 Å². The molecule has 0 aliphatic heterocycles. The number of rotatable bonds is 12. The van der Waals surface area contributed by atoms with E-state index in [0.717, 1.165) is 24.0 Å². The second-order valence-corrected chi connectivity index (χ2v) is 10.6. The molecule has 0 bridgehead atoms. The summed E-state index contributed by atoms with van der Waals surface area (Å²) in [7, 11) is -3.43. The summed E-state index contributed by atoms with van der Waals surface area (Å²) in [6, 6.07) is 20.1. The molecule has 0 heterocycles. The van der Waals surface area contributed by atoms with E-state index in [1.165, 1.54) is 5.56 Å². The molecule has 2 aromatic rings. The highest BCUT2D eigenvalue weighted by molar-refractivity contribution is 7.99. The molecule has 0 saturated heterocycles. The van der Waals surface area contributed by atoms with Gasteiger partial charge in [-0.25, -0.2) is 8.42 Å². The molecular formula is C22H29NO4S2. The molecule has 0 radical (unpaired) electrons. The van der Waals surface area contributed by atoms with E-state index >= 15 is 0 Å². The smallest absolute Gasteiger partial charge is 0.222 e. The van der Waals surface area contributed by atoms with Crippen molar-refractivity contribution in [3.63, 3.8) is 0 Å². The summed E-state index contributed by atoms with van der Waals surface area (Å²) in [5, 5.41) is 10.7. The van der Waals surface area contributed by atoms with Gasteiger partial charge in [-0.05, 0) is 30.4 Å². The van der Waals surface area contributed by atoms with Crippen LogP contribution in [-0.2, 0) is 26.8 Å². The summed E-state index contributed by atoms with van der Waals surface area (Å²) < 4.78 is 23.9. The Bertz CT molecular complexity index is 842. The van der Waals surface area contributed by atoms with Gasteiger partial charge in [-0.1, -0.05) is 60.7 Å². The first-order valence-electron chi connectivity index (χ1n) is 9.67. The highest BCUT2D eigenvalue weighted by Gasteiger charge is 2.24. The van der Waals surface area contributed by atoms with Gasteiger partial charge in [0.05, 0.1) is 0 Å². The van der Waals surface area contributed by atoms with Crippen molar-refractivity contribution in [3.05, 3.63) is 71.8 Å². The van der Waals surface area contributed by atoms with Crippen LogP contribution < -0.4 is 5.32 Å². The number of hydrogen-bond donors (Lipinski definition) is 2. The molecule has 0 spiro atoms. The minimum atomic E-state index is -3.43. The molecule has 0 aliphatic rings. The zero-order chi connectivity index (χ0) is 21.1. The quantitative estimate of drug-likeness (QED) is 0.535. The van der Waals surface area contributed by atoms with Crippen molar-refractivity contribution in [2.45, 2.75) is 42.1 Å². The van der Waals surface area contributed by atoms with E-state index < -0.39 is 15.2 Å². The second-order valence-electron chi connectivity index (χ2n) is 7.06. The van der Waals surface area contributed by atoms with Gasteiger partial charge in [-0.15, -0.1) is 0 Å². The Kier molecular flexibility index (Phi) is 9.70. The number of hydrogen-bond acceptors (Lipinski definition) is 5. The maximum Gasteiger partial charge on any atom is 0.222 e. The molecule has 0 aliphatic carbocycles. The fraction of sp³-hybridized carbons (Fsp3) is 0.409. The Balaban J connectivity index is 2.03. The van der Waals surface area contributed by atoms with Crippen LogP contribution in [-0.4, -0.2) is 42.9 Å². The lowest BCUT2D eigenvalue weighted by Gasteiger charge is -2.20. The van der Waals surface area contributed by atoms with Crippen molar-refractivity contribution in [3.8, 4) is 0 Å². The van der Waals surface area contributed by atoms with Crippen LogP contribution in [0.3, 0.4) is 0 Å². The summed E-state index contributed by atoms with van der Waals surface area (Å²) in [6.45, 7) is -0.106. The van der Waals surface area contributed by atoms with Crippen molar-refractivity contribution in [1.29, 1.82) is 0 Å². The molecule has 158 valence electrons. The topological polar surface area (TPSA) is 83.5 Å². The lowest BCUT2D eigenvalue weighted by Crippen LogP contribution is -2.41. The number of benzene rings is 2. The molecule has 1 amide bonds. The predicted octanol–water partition coefficient (Wildman–Crippen LogP) is 3.18. The fourth-order valence-electron chi connectivity index (χ4n) is 2.97. The van der Waals surface area contributed by atoms with E-state index in [-0.39, 0.29) is 30.6 Å². The van der Waals surface area contributed by atoms with Crippen LogP contribution in [0, 0.1) is 0 Å². The second kappa shape index (κ2) is 12.0. The van der Waals surface area contributed by atoms with Crippen molar-refractivity contribution in [2.75, 3.05) is 12.9 Å². The number of thioether (sulfide) groups is 1. The summed E-state index contributed by atoms with van der Waals surface area (Å²) in [5.41, 5.74) is 2.33. The molecule has 0 fully saturated rings. The summed E-state index contributed by atoms with van der Waals surface area (Å²) in [5.74, 6) is 0.505. The fourth-order valence-corrected chi connectivity index (χ4v) is 5.11. The zero-order valence-corrected chi connectivity index (χ0v) is 18.3. The lowest BCUT2D eigenvalue weighted by atomic mass is 10.1. The molecule has 0 saturated carbocycles. The number of carbonyl (C=O) groups excluding carboxylic acids is 1. The molecule has 2 rings (SSSR count). The maximum atomic E-state index is 12.6. The van der Waals surface area contributed by atoms with Crippen LogP contribution in [0.5, 0.6) is 0 Å². The molecule has 5 nitrogen and oxygen atoms in total. The Hall–Kier alpha value is -1.83. The van der Waals surface area contributed by atoms with Crippen molar-refractivity contribution < 1.29 is 18.3 Å². The number of aliphatic hydroxyl groups is 1. The highest BCUT2D eigenvalue weighted by Crippen LogP contribution is 2.24. The SMILES string of the molecule is CS(=O)(=O)C(CCCO)NC(=O)CC(Cc1ccccc1)SCc1ccccc1. The number of carbonyl (C=O) groups is 1. The minimum Gasteiger partial charge on any atom is -0.396 e. The molecule has 7 heteroatoms. The maximum absolute atomic E-state index is 12.6. The Morgan fingerprint density at radius 1 is 1.03 bits per heavy atom. The minimum absolute atomic E-state index is 0.0238. The van der Waals surface area contributed by atoms with Crippen LogP contribution >= 0.6 is 11.8 Å². The van der Waals surface area contributed by atoms with Gasteiger partial charge in [0.1, 0.15) is 5.37 Å². The summed E-state index contributed by atoms with van der Waals surface area (Å²) in [6.07, 6.45) is 2.61. The van der Waals surface area contributed by atoms with Crippen LogP contribution in [0.15, 0.2) is 60.7 Å². The Labute approximate surface area is 177 Å². The third-order valence-corrected chi connectivity index (χ3v) is 7.20. The van der Waals surface area contributed by atoms with E-state index in [4.69, 9.17) is 5.11 Å². The number of aliphatic hydroxyl groups excluding tert-OH is 1. The first-order valence-corrected chi connectivity index (χ1v) is 12.7. The standard InChI is InChI=1S/C22H29NO4S2/c1-29(26,27)22(13-8-14-24)23-21(25)16-20(15-18-9-4-2-5-10-18)28-17-19-11-6-3-7-12-19/h2-7,9-12,20,22,24H,8,13-17H2,1H3,(H,23,25). The van der Waals surface area contributed by atoms with Crippen LogP contribution in [0.25, 0.3) is 0 Å². The molecule has 29 heavy (non-hydrogen) atoms. The van der Waals surface area contributed by atoms with E-state index in [0.29, 0.717) is 6.42 Å². The molecule has 2 atom stereocenters. The average molecular weight is 436 g/mol. The highest BCUT2D eigenvalue weighted by atomic mass is 32.2. The molecular weight excluding hydrogens is 406 g/mol. The van der Waals surface area contributed by atoms with Gasteiger partial charge in [-0.3, -0.25) is 4.79 Å². The first-order chi connectivity index (χ1) is 13.9. The average Bonchev–Trinajstić information content (AvgIpc) is 2.70. The Morgan fingerprint density at radius 2 is 1.62 bits per heavy atom. The predicted molar refractivity (Wildman–Crippen MR) is 119 cm³/mol. The van der Waals surface area contributed by atoms with Crippen molar-refractivity contribution in [1.82, 2.24) is 5.32 Å². The third-order valence-electron chi connectivity index (χ3n) is 4.51. The van der Waals surface area contributed by atoms with Crippen molar-refractivity contribution in [2.24, 2.45) is 0 Å². The zero-order valence-electron chi connectivity index (χ0n) is 16.7. The van der Waals surface area contributed by atoms with Crippen LogP contribution in [0.2, 0.25) is 0 Å². The van der Waals surface area contributed by atoms with Gasteiger partial charge in [0.2, 0.25) is 5.91 Å². The largest absolute Gasteiger partial charge is 0.396 e. The van der Waals surface area contributed by atoms with Gasteiger partial charge >= 0.3 is 0 Å². The van der Waals surface area contributed by atoms with Crippen LogP contribution in [0.4, 0.5) is 0 Å². The first kappa shape index (κ1) is 23.4. The number of nitrogens with one attached hydrogen (secondary N) is 1. The van der Waals surface area contributed by atoms with Gasteiger partial charge in [0.15, 0.2) is 9.84 Å². The lowest BCUT2D eigenvalue weighted by molar-refractivity contribution is -0.121. The van der Waals surface area contributed by atoms with Crippen molar-refractivity contribution >= 4 is 27.5 Å². The Morgan fingerprint density at radius 3 is 2.17 bits per heavy atom. The molecule has 2 unspecified atom stereocenters. The summed E-state index contributed by atoms with van der Waals surface area (Å²) in [4.78, 5) is 12.6. The van der Waals surface area contributed by atoms with E-state index in [1.54, 1.807) is 11.8 Å². The molecule has 0 aromatic heterocycles. The number of sulfone groups is 1. The normalized spacial score (nSPS) is 13.6. The number of amides is 1. The summed E-state index contributed by atoms with van der Waals surface area (Å²) >= 11 is 1.70. The monoisotopic (exact) mass is 435 g/mol. The van der Waals surface area contributed by atoms with E-state index in [1.807, 2.05) is 48.5 Å². The van der Waals surface area contributed by atoms with Gasteiger partial charge in [-0.2, -0.15) is 11.8 Å². The molecule has 2 N–H and O–H groups in total. The van der Waals surface area contributed by atoms with Crippen LogP contribution in [0.1, 0.15) is 30.4 Å². The molecule has 2 aromatic carbocycles. The van der Waals surface area contributed by atoms with Gasteiger partial charge < -0.3 is 10.4 Å². The van der Waals surface area contributed by atoms with Gasteiger partial charge in [0, 0.05) is 30.3 Å². The van der Waals surface area contributed by atoms with E-state index in [9.17, 15) is 13.2 Å². The van der Waals surface area contributed by atoms with Gasteiger partial charge in [0.25, 0.3) is 0 Å². The third kappa shape index (κ3) is 9.02.